The van der Waals surface area contributed by atoms with Gasteiger partial charge in [0.2, 0.25) is 0 Å². The normalized spacial score (nSPS) is 13.6. The highest BCUT2D eigenvalue weighted by Gasteiger charge is 2.24. The maximum Gasteiger partial charge on any atom is 0.404 e. The van der Waals surface area contributed by atoms with Gasteiger partial charge >= 0.3 is 6.09 Å². The molecule has 0 saturated carbocycles. The average Bonchev–Trinajstić information content (AvgIpc) is 3.09. The van der Waals surface area contributed by atoms with Crippen LogP contribution in [0.3, 0.4) is 0 Å². The number of aliphatic hydroxyl groups excluding tert-OH is 1. The Kier molecular flexibility index (Phi) is 4.60. The van der Waals surface area contributed by atoms with Crippen LogP contribution in [0.4, 0.5) is 4.79 Å². The molecule has 3 N–H and O–H groups in total. The van der Waals surface area contributed by atoms with Crippen molar-refractivity contribution in [2.24, 2.45) is 0 Å². The van der Waals surface area contributed by atoms with Crippen molar-refractivity contribution in [2.45, 2.75) is 12.0 Å². The molecule has 0 fully saturated rings. The van der Waals surface area contributed by atoms with E-state index in [1.807, 2.05) is 60.0 Å². The van der Waals surface area contributed by atoms with Crippen LogP contribution in [0.1, 0.15) is 22.5 Å². The number of carboxylic acid groups (broad SMARTS) is 1. The van der Waals surface area contributed by atoms with E-state index in [0.717, 1.165) is 21.2 Å². The van der Waals surface area contributed by atoms with E-state index in [1.165, 1.54) is 11.3 Å². The molecule has 1 aromatic heterocycles. The molecule has 3 aromatic rings. The smallest absolute Gasteiger partial charge is 0.404 e. The second-order valence-electron chi connectivity index (χ2n) is 5.36. The topological polar surface area (TPSA) is 69.6 Å². The monoisotopic (exact) mass is 327 g/mol. The molecule has 0 aliphatic carbocycles. The van der Waals surface area contributed by atoms with Crippen molar-refractivity contribution in [3.63, 3.8) is 0 Å². The van der Waals surface area contributed by atoms with Gasteiger partial charge in [0.1, 0.15) is 0 Å². The first-order valence-electron chi connectivity index (χ1n) is 7.32. The van der Waals surface area contributed by atoms with Gasteiger partial charge in [-0.3, -0.25) is 0 Å². The number of hydrogen-bond acceptors (Lipinski definition) is 3. The van der Waals surface area contributed by atoms with Crippen LogP contribution in [0.15, 0.2) is 60.0 Å². The minimum Gasteiger partial charge on any atom is -0.465 e. The van der Waals surface area contributed by atoms with E-state index >= 15 is 0 Å². The number of fused-ring (bicyclic) bond motifs is 1. The van der Waals surface area contributed by atoms with Crippen molar-refractivity contribution in [1.82, 2.24) is 5.32 Å². The summed E-state index contributed by atoms with van der Waals surface area (Å²) in [6.07, 6.45) is -1.84. The summed E-state index contributed by atoms with van der Waals surface area (Å²) in [5.41, 5.74) is 0.915. The molecule has 23 heavy (non-hydrogen) atoms. The van der Waals surface area contributed by atoms with Crippen molar-refractivity contribution >= 4 is 28.2 Å². The van der Waals surface area contributed by atoms with Gasteiger partial charge in [-0.25, -0.2) is 4.79 Å². The molecule has 0 bridgehead atoms. The molecule has 2 atom stereocenters. The number of rotatable bonds is 5. The van der Waals surface area contributed by atoms with E-state index in [1.54, 1.807) is 0 Å². The van der Waals surface area contributed by atoms with Gasteiger partial charge < -0.3 is 15.5 Å². The van der Waals surface area contributed by atoms with Crippen molar-refractivity contribution < 1.29 is 15.0 Å². The quantitative estimate of drug-likeness (QED) is 0.664. The van der Waals surface area contributed by atoms with E-state index in [4.69, 9.17) is 5.11 Å². The van der Waals surface area contributed by atoms with Crippen molar-refractivity contribution in [1.29, 1.82) is 0 Å². The van der Waals surface area contributed by atoms with E-state index in [2.05, 4.69) is 5.32 Å². The number of thiophene rings is 1. The summed E-state index contributed by atoms with van der Waals surface area (Å²) in [5.74, 6) is -0.339. The third kappa shape index (κ3) is 3.52. The molecule has 1 heterocycles. The van der Waals surface area contributed by atoms with Crippen LogP contribution < -0.4 is 5.32 Å². The maximum absolute atomic E-state index is 10.9. The molecule has 5 heteroatoms. The molecule has 4 nitrogen and oxygen atoms in total. The lowest BCUT2D eigenvalue weighted by molar-refractivity contribution is 0.144. The molecule has 0 unspecified atom stereocenters. The van der Waals surface area contributed by atoms with Crippen molar-refractivity contribution in [2.75, 3.05) is 6.54 Å². The number of carbonyl (C=O) groups is 1. The number of hydrogen-bond donors (Lipinski definition) is 3. The predicted molar refractivity (Wildman–Crippen MR) is 92.0 cm³/mol. The Balaban J connectivity index is 1.96. The average molecular weight is 327 g/mol. The highest BCUT2D eigenvalue weighted by Crippen LogP contribution is 2.34. The van der Waals surface area contributed by atoms with Gasteiger partial charge in [0.25, 0.3) is 0 Å². The molecule has 3 rings (SSSR count). The van der Waals surface area contributed by atoms with Crippen LogP contribution in [0.5, 0.6) is 0 Å². The Morgan fingerprint density at radius 3 is 2.57 bits per heavy atom. The van der Waals surface area contributed by atoms with Gasteiger partial charge in [0.15, 0.2) is 0 Å². The first-order chi connectivity index (χ1) is 11.1. The number of benzene rings is 2. The van der Waals surface area contributed by atoms with E-state index in [9.17, 15) is 9.90 Å². The zero-order chi connectivity index (χ0) is 16.2. The summed E-state index contributed by atoms with van der Waals surface area (Å²) in [6, 6.07) is 17.7. The van der Waals surface area contributed by atoms with Crippen molar-refractivity contribution in [3.8, 4) is 0 Å². The molecular weight excluding hydrogens is 310 g/mol. The first kappa shape index (κ1) is 15.5. The molecular formula is C18H17NO3S. The van der Waals surface area contributed by atoms with Gasteiger partial charge in [-0.05, 0) is 27.8 Å². The fraction of sp³-hybridized carbons (Fsp3) is 0.167. The van der Waals surface area contributed by atoms with Gasteiger partial charge in [-0.15, -0.1) is 11.3 Å². The highest BCUT2D eigenvalue weighted by molar-refractivity contribution is 7.10. The Bertz CT molecular complexity index is 801. The van der Waals surface area contributed by atoms with Crippen LogP contribution in [0.25, 0.3) is 10.8 Å². The molecule has 0 radical (unpaired) electrons. The molecule has 0 aliphatic rings. The summed E-state index contributed by atoms with van der Waals surface area (Å²) in [7, 11) is 0. The molecule has 1 amide bonds. The van der Waals surface area contributed by atoms with E-state index < -0.39 is 12.2 Å². The van der Waals surface area contributed by atoms with Crippen LogP contribution >= 0.6 is 11.3 Å². The lowest BCUT2D eigenvalue weighted by atomic mass is 9.90. The van der Waals surface area contributed by atoms with Gasteiger partial charge in [0, 0.05) is 17.3 Å². The van der Waals surface area contributed by atoms with Gasteiger partial charge in [-0.2, -0.15) is 0 Å². The molecule has 0 saturated heterocycles. The number of amides is 1. The summed E-state index contributed by atoms with van der Waals surface area (Å²) >= 11 is 1.47. The van der Waals surface area contributed by atoms with Crippen LogP contribution in [-0.4, -0.2) is 22.9 Å². The van der Waals surface area contributed by atoms with Gasteiger partial charge in [-0.1, -0.05) is 48.5 Å². The van der Waals surface area contributed by atoms with Gasteiger partial charge in [0.05, 0.1) is 6.10 Å². The molecule has 0 aliphatic heterocycles. The third-order valence-corrected chi connectivity index (χ3v) is 4.83. The largest absolute Gasteiger partial charge is 0.465 e. The molecule has 2 aromatic carbocycles. The van der Waals surface area contributed by atoms with E-state index in [-0.39, 0.29) is 12.5 Å². The molecule has 118 valence electrons. The second-order valence-corrected chi connectivity index (χ2v) is 6.34. The second kappa shape index (κ2) is 6.81. The predicted octanol–water partition coefficient (Wildman–Crippen LogP) is 3.99. The highest BCUT2D eigenvalue weighted by atomic mass is 32.1. The zero-order valence-corrected chi connectivity index (χ0v) is 13.2. The fourth-order valence-corrected chi connectivity index (χ4v) is 3.48. The zero-order valence-electron chi connectivity index (χ0n) is 12.3. The van der Waals surface area contributed by atoms with Crippen LogP contribution in [0.2, 0.25) is 0 Å². The Labute approximate surface area is 138 Å². The summed E-state index contributed by atoms with van der Waals surface area (Å²) in [4.78, 5) is 11.7. The summed E-state index contributed by atoms with van der Waals surface area (Å²) in [6.45, 7) is 0.159. The minimum absolute atomic E-state index is 0.159. The number of aliphatic hydroxyl groups is 1. The van der Waals surface area contributed by atoms with Crippen molar-refractivity contribution in [3.05, 3.63) is 70.4 Å². The maximum atomic E-state index is 10.9. The SMILES string of the molecule is O=C(O)NC[C@@H](c1ccc2ccccc2c1)[C@H](O)c1cccs1. The minimum atomic E-state index is -1.09. The standard InChI is InChI=1S/C18H17NO3S/c20-17(16-6-3-9-23-16)15(11-19-18(21)22)14-8-7-12-4-1-2-5-13(12)10-14/h1-10,15,17,19-20H,11H2,(H,21,22)/t15-,17-/m0/s1. The van der Waals surface area contributed by atoms with Crippen LogP contribution in [0, 0.1) is 0 Å². The van der Waals surface area contributed by atoms with E-state index in [0.29, 0.717) is 0 Å². The Morgan fingerprint density at radius 2 is 1.87 bits per heavy atom. The lowest BCUT2D eigenvalue weighted by Gasteiger charge is -2.23. The fourth-order valence-electron chi connectivity index (χ4n) is 2.71. The first-order valence-corrected chi connectivity index (χ1v) is 8.20. The Hall–Kier alpha value is -2.37. The summed E-state index contributed by atoms with van der Waals surface area (Å²) in [5, 5.41) is 26.1. The summed E-state index contributed by atoms with van der Waals surface area (Å²) < 4.78 is 0. The molecule has 0 spiro atoms. The Morgan fingerprint density at radius 1 is 1.09 bits per heavy atom. The number of nitrogens with one attached hydrogen (secondary N) is 1. The van der Waals surface area contributed by atoms with Crippen LogP contribution in [-0.2, 0) is 0 Å². The third-order valence-electron chi connectivity index (χ3n) is 3.89. The lowest BCUT2D eigenvalue weighted by Crippen LogP contribution is -2.29.